The molecule has 0 unspecified atom stereocenters. The second-order valence-electron chi connectivity index (χ2n) is 1.56. The zero-order valence-electron chi connectivity index (χ0n) is 6.60. The molecule has 0 aliphatic carbocycles. The molecule has 0 aliphatic rings. The molecule has 19 heavy (non-hydrogen) atoms. The van der Waals surface area contributed by atoms with Gasteiger partial charge < -0.3 is 0 Å². The molecule has 9 radical (unpaired) electrons. The molecular weight excluding hydrogens is 858 g/mol. The summed E-state index contributed by atoms with van der Waals surface area (Å²) in [4.78, 5) is 0. The quantitative estimate of drug-likeness (QED) is 0.297. The maximum atomic E-state index is 4.48. The molecule has 0 aromatic heterocycles. The average molecular weight is 862 g/mol. The van der Waals surface area contributed by atoms with Crippen molar-refractivity contribution in [3.05, 3.63) is 0 Å². The van der Waals surface area contributed by atoms with E-state index < -0.39 is -4.47 Å². The molecule has 18 heteroatoms. The average Bonchev–Trinajstić information content (AvgIpc) is 0.503. The van der Waals surface area contributed by atoms with Crippen molar-refractivity contribution < 1.29 is 147 Å². The molecule has 0 nitrogen and oxygen atoms in total. The van der Waals surface area contributed by atoms with Crippen LogP contribution in [-0.4, -0.2) is 0 Å². The predicted molar refractivity (Wildman–Crippen MR) is 67.5 cm³/mol. The van der Waals surface area contributed by atoms with Crippen LogP contribution in [0.5, 0.6) is 0 Å². The van der Waals surface area contributed by atoms with E-state index in [-0.39, 0.29) is 158 Å². The molecule has 0 saturated heterocycles. The van der Waals surface area contributed by atoms with Gasteiger partial charge in [0.1, 0.15) is 0 Å². The van der Waals surface area contributed by atoms with E-state index in [4.69, 9.17) is 0 Å². The Morgan fingerprint density at radius 3 is 0.316 bits per heavy atom. The first-order valence-corrected chi connectivity index (χ1v) is 13.5. The van der Waals surface area contributed by atoms with Crippen molar-refractivity contribution in [1.82, 2.24) is 0 Å². The summed E-state index contributed by atoms with van der Waals surface area (Å²) in [6.07, 6.45) is 0. The Bertz CT molecular complexity index is 895. The van der Waals surface area contributed by atoms with Gasteiger partial charge in [-0.2, -0.15) is 0 Å². The molecular formula is CH4Co10S8. The fourth-order valence-electron chi connectivity index (χ4n) is 0. The third kappa shape index (κ3) is 278. The summed E-state index contributed by atoms with van der Waals surface area (Å²) >= 11 is 0. The van der Waals surface area contributed by atoms with E-state index in [1.54, 1.807) is 0 Å². The molecule has 0 saturated carbocycles. The van der Waals surface area contributed by atoms with E-state index in [0.717, 1.165) is 0 Å². The van der Waals surface area contributed by atoms with Crippen LogP contribution >= 0.6 is 84.8 Å². The number of rotatable bonds is 0. The molecule has 0 aromatic rings. The first-order chi connectivity index (χ1) is 2.83. The Hall–Kier alpha value is 6.82. The van der Waals surface area contributed by atoms with Gasteiger partial charge in [0.2, 0.25) is 0 Å². The van der Waals surface area contributed by atoms with Crippen molar-refractivity contribution in [3.8, 4) is 0 Å². The minimum atomic E-state index is -6.11. The van der Waals surface area contributed by atoms with E-state index in [1.165, 1.54) is 0 Å². The molecule has 0 aliphatic heterocycles. The summed E-state index contributed by atoms with van der Waals surface area (Å²) in [7, 11) is 35.9. The van der Waals surface area contributed by atoms with Gasteiger partial charge in [-0.05, 0) is 0 Å². The van der Waals surface area contributed by atoms with Gasteiger partial charge in [-0.3, -0.25) is 0 Å². The zero-order chi connectivity index (χ0) is 8.35. The zero-order valence-corrected chi connectivity index (χ0v) is 23.5. The fraction of sp³-hybridized carbons (Fsp3) is 1.00. The molecule has 0 fully saturated rings. The topological polar surface area (TPSA) is 0 Å². The van der Waals surface area contributed by atoms with Gasteiger partial charge in [0.25, 0.3) is 0 Å². The van der Waals surface area contributed by atoms with Gasteiger partial charge >= 0.3 is 80.4 Å². The Balaban J connectivity index is -0.00000000711. The summed E-state index contributed by atoms with van der Waals surface area (Å²) in [5, 5.41) is 0. The third-order valence-corrected chi connectivity index (χ3v) is 0. The molecule has 0 N–H and O–H groups in total. The Labute approximate surface area is 233 Å². The van der Waals surface area contributed by atoms with Gasteiger partial charge in [-0.25, -0.2) is 0 Å². The summed E-state index contributed by atoms with van der Waals surface area (Å²) in [5.74, 6) is 0. The van der Waals surface area contributed by atoms with Crippen LogP contribution in [-0.2, 0) is 147 Å². The minimum absolute atomic E-state index is 0. The SMILES string of the molecule is C.[Co].[Co].[Co].[Co].[Co].[Co].[Co].[Co].[Co].[S]=[Co](=[S])(=[S])(=[S])(=[S])(=[S])(=[S])=[S]. The standard InChI is InChI=1S/CH4.10Co.8S/h1H4;;;;;;;;;;;;;;;;;;. The molecule has 0 bridgehead atoms. The van der Waals surface area contributed by atoms with Gasteiger partial charge in [0, 0.05) is 151 Å². The molecule has 0 atom stereocenters. The predicted octanol–water partition coefficient (Wildman–Crippen LogP) is 5.80. The van der Waals surface area contributed by atoms with Crippen LogP contribution in [0.4, 0.5) is 0 Å². The van der Waals surface area contributed by atoms with E-state index >= 15 is 0 Å². The molecule has 0 aromatic carbocycles. The summed E-state index contributed by atoms with van der Waals surface area (Å²) in [5.41, 5.74) is 0. The van der Waals surface area contributed by atoms with E-state index in [1.807, 2.05) is 0 Å². The van der Waals surface area contributed by atoms with Gasteiger partial charge in [0.05, 0.1) is 0 Å². The fourth-order valence-corrected chi connectivity index (χ4v) is 0. The van der Waals surface area contributed by atoms with Crippen molar-refractivity contribution in [3.63, 3.8) is 0 Å². The summed E-state index contributed by atoms with van der Waals surface area (Å²) in [6, 6.07) is 0. The van der Waals surface area contributed by atoms with Gasteiger partial charge in [0.15, 0.2) is 0 Å². The van der Waals surface area contributed by atoms with Gasteiger partial charge in [-0.1, -0.05) is 7.43 Å². The van der Waals surface area contributed by atoms with Crippen molar-refractivity contribution in [1.29, 1.82) is 0 Å². The van der Waals surface area contributed by atoms with Crippen LogP contribution < -0.4 is 0 Å². The third-order valence-electron chi connectivity index (χ3n) is 0. The Morgan fingerprint density at radius 2 is 0.316 bits per heavy atom. The van der Waals surface area contributed by atoms with E-state index in [0.29, 0.717) is 0 Å². The number of hydrogen-bond donors (Lipinski definition) is 0. The van der Waals surface area contributed by atoms with Crippen LogP contribution in [0.3, 0.4) is 0 Å². The summed E-state index contributed by atoms with van der Waals surface area (Å²) in [6.45, 7) is 0. The monoisotopic (exact) mass is 861 g/mol. The molecule has 0 rings (SSSR count). The normalized spacial score (nSPS) is 14.3. The maximum absolute atomic E-state index is 6.11. The second kappa shape index (κ2) is 11.6. The molecule has 0 spiro atoms. The van der Waals surface area contributed by atoms with Crippen molar-refractivity contribution >= 4 is 84.8 Å². The second-order valence-corrected chi connectivity index (χ2v) is 57.7. The van der Waals surface area contributed by atoms with Crippen LogP contribution in [0.2, 0.25) is 0 Å². The van der Waals surface area contributed by atoms with Crippen LogP contribution in [0.1, 0.15) is 7.43 Å². The summed E-state index contributed by atoms with van der Waals surface area (Å²) < 4.78 is -6.11. The Morgan fingerprint density at radius 1 is 0.316 bits per heavy atom. The van der Waals surface area contributed by atoms with E-state index in [9.17, 15) is 0 Å². The first-order valence-electron chi connectivity index (χ1n) is 1.09. The van der Waals surface area contributed by atoms with Gasteiger partial charge in [-0.15, -0.1) is 0 Å². The molecule has 146 valence electrons. The number of hydrogen-bond acceptors (Lipinski definition) is 8. The van der Waals surface area contributed by atoms with Crippen molar-refractivity contribution in [2.45, 2.75) is 7.43 Å². The molecule has 0 amide bonds. The van der Waals surface area contributed by atoms with E-state index in [2.05, 4.69) is 84.8 Å². The van der Waals surface area contributed by atoms with Crippen LogP contribution in [0.25, 0.3) is 0 Å². The van der Waals surface area contributed by atoms with Crippen LogP contribution in [0, 0.1) is 0 Å². The van der Waals surface area contributed by atoms with Crippen LogP contribution in [0.15, 0.2) is 0 Å². The molecule has 0 heterocycles. The van der Waals surface area contributed by atoms with Crippen molar-refractivity contribution in [2.24, 2.45) is 0 Å². The Kier molecular flexibility index (Phi) is 44.3. The van der Waals surface area contributed by atoms with Crippen molar-refractivity contribution in [2.75, 3.05) is 0 Å². The first kappa shape index (κ1) is 72.4.